The van der Waals surface area contributed by atoms with E-state index < -0.39 is 13.2 Å². The minimum absolute atomic E-state index is 0.238. The van der Waals surface area contributed by atoms with Crippen LogP contribution in [0.1, 0.15) is 24.2 Å². The van der Waals surface area contributed by atoms with Crippen molar-refractivity contribution in [1.82, 2.24) is 4.90 Å². The molecule has 2 saturated heterocycles. The average molecular weight is 514 g/mol. The highest BCUT2D eigenvalue weighted by molar-refractivity contribution is 7.67. The molecule has 1 atom stereocenters. The molecule has 34 heavy (non-hydrogen) atoms. The van der Waals surface area contributed by atoms with Crippen molar-refractivity contribution in [3.8, 4) is 0 Å². The van der Waals surface area contributed by atoms with E-state index in [0.29, 0.717) is 49.1 Å². The Balaban J connectivity index is 1.71. The number of ketones is 1. The highest BCUT2D eigenvalue weighted by Crippen LogP contribution is 2.70. The first-order valence-electron chi connectivity index (χ1n) is 11.4. The highest BCUT2D eigenvalue weighted by atomic mass is 35.5. The zero-order chi connectivity index (χ0) is 23.7. The minimum atomic E-state index is -3.34. The molecule has 0 radical (unpaired) electrons. The molecule has 0 N–H and O–H groups in total. The Hall–Kier alpha value is -2.30. The van der Waals surface area contributed by atoms with Crippen LogP contribution in [0.5, 0.6) is 0 Å². The fourth-order valence-corrected chi connectivity index (χ4v) is 9.28. The molecule has 2 aliphatic heterocycles. The molecule has 0 saturated carbocycles. The van der Waals surface area contributed by atoms with Crippen molar-refractivity contribution in [3.05, 3.63) is 94.5 Å². The van der Waals surface area contributed by atoms with Crippen molar-refractivity contribution in [3.63, 3.8) is 0 Å². The third kappa shape index (κ3) is 4.27. The second-order valence-electron chi connectivity index (χ2n) is 8.62. The van der Waals surface area contributed by atoms with Gasteiger partial charge in [-0.25, -0.2) is 0 Å². The first kappa shape index (κ1) is 23.4. The Kier molecular flexibility index (Phi) is 6.72. The van der Waals surface area contributed by atoms with Gasteiger partial charge in [0.25, 0.3) is 7.44 Å². The van der Waals surface area contributed by atoms with Crippen LogP contribution in [-0.2, 0) is 9.36 Å². The number of para-hydroxylation sites is 2. The van der Waals surface area contributed by atoms with E-state index in [1.54, 1.807) is 12.1 Å². The zero-order valence-corrected chi connectivity index (χ0v) is 21.1. The van der Waals surface area contributed by atoms with Crippen LogP contribution in [0.15, 0.2) is 78.9 Å². The molecule has 3 aromatic rings. The summed E-state index contributed by atoms with van der Waals surface area (Å²) in [6, 6.07) is 25.2. The second kappa shape index (κ2) is 9.75. The zero-order valence-electron chi connectivity index (χ0n) is 18.7. The van der Waals surface area contributed by atoms with Crippen molar-refractivity contribution in [1.29, 1.82) is 0 Å². The average Bonchev–Trinajstić information content (AvgIpc) is 3.20. The Morgan fingerprint density at radius 3 is 1.76 bits per heavy atom. The largest absolute Gasteiger partial charge is 0.304 e. The number of anilines is 2. The van der Waals surface area contributed by atoms with Gasteiger partial charge in [0.05, 0.1) is 0 Å². The van der Waals surface area contributed by atoms with Gasteiger partial charge in [0.1, 0.15) is 11.6 Å². The van der Waals surface area contributed by atoms with Crippen LogP contribution < -0.4 is 9.34 Å². The molecule has 2 heterocycles. The van der Waals surface area contributed by atoms with Crippen LogP contribution in [0.3, 0.4) is 0 Å². The predicted octanol–water partition coefficient (Wildman–Crippen LogP) is 6.88. The molecule has 5 nitrogen and oxygen atoms in total. The van der Waals surface area contributed by atoms with Gasteiger partial charge >= 0.3 is 0 Å². The van der Waals surface area contributed by atoms with Gasteiger partial charge < -0.3 is 9.34 Å². The Bertz CT molecular complexity index is 1160. The van der Waals surface area contributed by atoms with Crippen LogP contribution in [0.4, 0.5) is 11.4 Å². The van der Waals surface area contributed by atoms with Crippen molar-refractivity contribution in [2.75, 3.05) is 35.5 Å². The Morgan fingerprint density at radius 1 is 0.735 bits per heavy atom. The molecule has 8 heteroatoms. The van der Waals surface area contributed by atoms with Crippen molar-refractivity contribution < 1.29 is 9.36 Å². The molecule has 5 rings (SSSR count). The van der Waals surface area contributed by atoms with E-state index in [1.807, 2.05) is 76.1 Å². The van der Waals surface area contributed by atoms with E-state index in [1.165, 1.54) is 0 Å². The molecule has 1 unspecified atom stereocenters. The fourth-order valence-electron chi connectivity index (χ4n) is 4.98. The van der Waals surface area contributed by atoms with E-state index in [0.717, 1.165) is 16.9 Å². The normalized spacial score (nSPS) is 19.4. The molecule has 2 aliphatic rings. The van der Waals surface area contributed by atoms with Crippen molar-refractivity contribution in [2.45, 2.75) is 18.6 Å². The van der Waals surface area contributed by atoms with Crippen LogP contribution in [0.2, 0.25) is 10.0 Å². The standard InChI is InChI=1S/C26H26Cl2N3O2P/c27-20-11-12-24(25(28)19-20)26(29-15-13-23(32)14-16-29)34(33)30(21-7-3-1-4-8-21)17-18-31(34)22-9-5-2-6-10-22/h1-12,19,26H,13-18H2. The lowest BCUT2D eigenvalue weighted by Gasteiger charge is -2.44. The Morgan fingerprint density at radius 2 is 1.26 bits per heavy atom. The number of hydrogen-bond acceptors (Lipinski definition) is 3. The summed E-state index contributed by atoms with van der Waals surface area (Å²) in [5, 5.41) is 1.02. The molecule has 176 valence electrons. The summed E-state index contributed by atoms with van der Waals surface area (Å²) >= 11 is 13.0. The van der Waals surface area contributed by atoms with Crippen molar-refractivity contribution in [2.24, 2.45) is 0 Å². The van der Waals surface area contributed by atoms with Crippen LogP contribution >= 0.6 is 30.6 Å². The quantitative estimate of drug-likeness (QED) is 0.348. The summed E-state index contributed by atoms with van der Waals surface area (Å²) < 4.78 is 19.7. The van der Waals surface area contributed by atoms with Gasteiger partial charge in [-0.1, -0.05) is 65.7 Å². The van der Waals surface area contributed by atoms with Gasteiger partial charge in [-0.2, -0.15) is 0 Å². The number of Topliss-reactive ketones (excluding diaryl/α,β-unsaturated/α-hetero) is 1. The first-order chi connectivity index (χ1) is 16.5. The smallest absolute Gasteiger partial charge is 0.284 e. The number of rotatable bonds is 5. The first-order valence-corrected chi connectivity index (χ1v) is 13.9. The van der Waals surface area contributed by atoms with Crippen molar-refractivity contribution >= 4 is 47.8 Å². The van der Waals surface area contributed by atoms with E-state index in [4.69, 9.17) is 23.2 Å². The van der Waals surface area contributed by atoms with Crippen LogP contribution in [0, 0.1) is 0 Å². The van der Waals surface area contributed by atoms with Gasteiger partial charge in [0.15, 0.2) is 0 Å². The number of carbonyl (C=O) groups excluding carboxylic acids is 1. The predicted molar refractivity (Wildman–Crippen MR) is 140 cm³/mol. The van der Waals surface area contributed by atoms with E-state index in [2.05, 4.69) is 4.90 Å². The summed E-state index contributed by atoms with van der Waals surface area (Å²) in [6.07, 6.45) is 0.886. The van der Waals surface area contributed by atoms with E-state index in [-0.39, 0.29) is 5.78 Å². The number of halogens is 2. The topological polar surface area (TPSA) is 43.9 Å². The molecule has 0 aliphatic carbocycles. The second-order valence-corrected chi connectivity index (χ2v) is 12.1. The van der Waals surface area contributed by atoms with Gasteiger partial charge in [0, 0.05) is 60.4 Å². The lowest BCUT2D eigenvalue weighted by Crippen LogP contribution is -2.40. The highest BCUT2D eigenvalue weighted by Gasteiger charge is 2.53. The summed E-state index contributed by atoms with van der Waals surface area (Å²) in [4.78, 5) is 14.3. The Labute approximate surface area is 210 Å². The number of hydrogen-bond donors (Lipinski definition) is 0. The maximum absolute atomic E-state index is 15.6. The molecular weight excluding hydrogens is 488 g/mol. The lowest BCUT2D eigenvalue weighted by molar-refractivity contribution is -0.121. The van der Waals surface area contributed by atoms with E-state index in [9.17, 15) is 4.79 Å². The van der Waals surface area contributed by atoms with Gasteiger partial charge in [-0.15, -0.1) is 0 Å². The number of carbonyl (C=O) groups is 1. The van der Waals surface area contributed by atoms with Gasteiger partial charge in [0.2, 0.25) is 0 Å². The number of benzene rings is 3. The summed E-state index contributed by atoms with van der Waals surface area (Å²) in [5.41, 5.74) is 2.59. The van der Waals surface area contributed by atoms with Crippen LogP contribution in [0.25, 0.3) is 0 Å². The molecule has 0 spiro atoms. The summed E-state index contributed by atoms with van der Waals surface area (Å²) in [7, 11) is -3.34. The third-order valence-electron chi connectivity index (χ3n) is 6.58. The SMILES string of the molecule is O=C1CCN(C(c2ccc(Cl)cc2Cl)P2(=O)N(c3ccccc3)CCN2c2ccccc2)CC1. The summed E-state index contributed by atoms with van der Waals surface area (Å²) in [5.74, 6) is -0.282. The summed E-state index contributed by atoms with van der Waals surface area (Å²) in [6.45, 7) is 2.31. The fraction of sp³-hybridized carbons (Fsp3) is 0.269. The molecule has 0 bridgehead atoms. The lowest BCUT2D eigenvalue weighted by atomic mass is 10.1. The monoisotopic (exact) mass is 513 g/mol. The maximum Gasteiger partial charge on any atom is 0.284 e. The number of likely N-dealkylation sites (tertiary alicyclic amines) is 1. The molecule has 2 fully saturated rings. The molecular formula is C26H26Cl2N3O2P. The number of nitrogens with zero attached hydrogens (tertiary/aromatic N) is 3. The molecule has 0 amide bonds. The van der Waals surface area contributed by atoms with Gasteiger partial charge in [-0.3, -0.25) is 14.3 Å². The molecule has 0 aromatic heterocycles. The minimum Gasteiger partial charge on any atom is -0.304 e. The maximum atomic E-state index is 15.6. The van der Waals surface area contributed by atoms with E-state index >= 15 is 4.57 Å². The third-order valence-corrected chi connectivity index (χ3v) is 10.6. The number of piperidine rings is 1. The van der Waals surface area contributed by atoms with Crippen LogP contribution in [-0.4, -0.2) is 36.9 Å². The molecule has 3 aromatic carbocycles. The van der Waals surface area contributed by atoms with Gasteiger partial charge in [-0.05, 0) is 42.0 Å².